The number of nitrogens with zero attached hydrogens (tertiary/aromatic N) is 1. The van der Waals surface area contributed by atoms with E-state index in [-0.39, 0.29) is 17.6 Å². The van der Waals surface area contributed by atoms with Crippen molar-refractivity contribution in [2.45, 2.75) is 134 Å². The summed E-state index contributed by atoms with van der Waals surface area (Å²) >= 11 is 1.24. The Balaban J connectivity index is 1.98. The van der Waals surface area contributed by atoms with Crippen molar-refractivity contribution < 1.29 is 30.5 Å². The van der Waals surface area contributed by atoms with Crippen LogP contribution < -0.4 is 0 Å². The fraction of sp³-hybridized carbons (Fsp3) is 0.933. The molecule has 0 radical (unpaired) electrons. The molecule has 2 unspecified atom stereocenters. The summed E-state index contributed by atoms with van der Waals surface area (Å²) in [4.78, 5) is 1.70. The lowest BCUT2D eigenvalue weighted by Gasteiger charge is -2.23. The minimum atomic E-state index is -3.59. The van der Waals surface area contributed by atoms with Crippen LogP contribution in [-0.2, 0) is 33.6 Å². The Bertz CT molecular complexity index is 865. The van der Waals surface area contributed by atoms with Crippen LogP contribution in [0.15, 0.2) is 11.6 Å². The van der Waals surface area contributed by atoms with Gasteiger partial charge < -0.3 is 14.4 Å². The Kier molecular flexibility index (Phi) is 22.7. The zero-order chi connectivity index (χ0) is 30.2. The van der Waals surface area contributed by atoms with Crippen molar-refractivity contribution in [2.75, 3.05) is 44.6 Å². The first-order valence-electron chi connectivity index (χ1n) is 15.9. The second kappa shape index (κ2) is 24.0. The molecule has 2 atom stereocenters. The normalized spacial score (nSPS) is 16.6. The molecule has 0 N–H and O–H groups in total. The van der Waals surface area contributed by atoms with Gasteiger partial charge in [0.1, 0.15) is 9.84 Å². The number of hydrogen-bond donors (Lipinski definition) is 0. The number of ether oxygens (including phenoxy) is 2. The molecule has 244 valence electrons. The van der Waals surface area contributed by atoms with E-state index in [1.807, 2.05) is 0 Å². The number of thioether (sulfide) groups is 1. The third-order valence-electron chi connectivity index (χ3n) is 7.38. The summed E-state index contributed by atoms with van der Waals surface area (Å²) in [6.45, 7) is 3.77. The molecule has 1 aliphatic rings. The molecular formula is C30H59NO7S3. The van der Waals surface area contributed by atoms with E-state index in [4.69, 9.17) is 13.7 Å². The molecule has 0 aromatic rings. The number of sulfone groups is 1. The Labute approximate surface area is 256 Å². The molecule has 8 nitrogen and oxygen atoms in total. The van der Waals surface area contributed by atoms with Gasteiger partial charge in [-0.3, -0.25) is 0 Å². The van der Waals surface area contributed by atoms with Crippen molar-refractivity contribution >= 4 is 31.7 Å². The summed E-state index contributed by atoms with van der Waals surface area (Å²) < 4.78 is 64.0. The Morgan fingerprint density at radius 3 is 1.83 bits per heavy atom. The van der Waals surface area contributed by atoms with Crippen LogP contribution in [0, 0.1) is 0 Å². The maximum absolute atomic E-state index is 12.5. The maximum Gasteiger partial charge on any atom is 0.267 e. The Hall–Kier alpha value is -0.330. The lowest BCUT2D eigenvalue weighted by atomic mass is 10.0. The number of hydrogen-bond acceptors (Lipinski definition) is 9. The highest BCUT2D eigenvalue weighted by atomic mass is 32.2. The molecule has 0 aromatic carbocycles. The minimum Gasteiger partial charge on any atom is -0.379 e. The summed E-state index contributed by atoms with van der Waals surface area (Å²) in [7, 11) is -5.24. The van der Waals surface area contributed by atoms with Gasteiger partial charge in [0.05, 0.1) is 30.5 Å². The monoisotopic (exact) mass is 641 g/mol. The van der Waals surface area contributed by atoms with Crippen LogP contribution in [-0.4, -0.2) is 78.0 Å². The van der Waals surface area contributed by atoms with Gasteiger partial charge in [0.2, 0.25) is 0 Å². The highest BCUT2D eigenvalue weighted by Gasteiger charge is 2.25. The van der Waals surface area contributed by atoms with Crippen molar-refractivity contribution in [3.8, 4) is 0 Å². The number of unbranched alkanes of at least 4 members (excludes halogenated alkanes) is 15. The first-order chi connectivity index (χ1) is 19.7. The van der Waals surface area contributed by atoms with Gasteiger partial charge in [-0.2, -0.15) is 8.42 Å². The van der Waals surface area contributed by atoms with Gasteiger partial charge in [0.25, 0.3) is 10.1 Å². The van der Waals surface area contributed by atoms with Crippen LogP contribution in [0.5, 0.6) is 0 Å². The molecule has 0 amide bonds. The molecule has 41 heavy (non-hydrogen) atoms. The summed E-state index contributed by atoms with van der Waals surface area (Å²) in [5.41, 5.74) is -0.669. The zero-order valence-electron chi connectivity index (χ0n) is 26.1. The van der Waals surface area contributed by atoms with E-state index < -0.39 is 25.5 Å². The maximum atomic E-state index is 12.5. The van der Waals surface area contributed by atoms with Gasteiger partial charge in [-0.05, 0) is 24.7 Å². The highest BCUT2D eigenvalue weighted by Crippen LogP contribution is 2.27. The van der Waals surface area contributed by atoms with Crippen LogP contribution in [0.4, 0.5) is 0 Å². The zero-order valence-corrected chi connectivity index (χ0v) is 28.6. The van der Waals surface area contributed by atoms with E-state index in [1.165, 1.54) is 108 Å². The van der Waals surface area contributed by atoms with Crippen molar-refractivity contribution in [1.29, 1.82) is 0 Å². The molecule has 0 saturated carbocycles. The van der Waals surface area contributed by atoms with Crippen LogP contribution in [0.2, 0.25) is 0 Å². The van der Waals surface area contributed by atoms with Gasteiger partial charge >= 0.3 is 0 Å². The van der Waals surface area contributed by atoms with E-state index in [0.717, 1.165) is 12.7 Å². The summed E-state index contributed by atoms with van der Waals surface area (Å²) in [6, 6.07) is 0. The van der Waals surface area contributed by atoms with Crippen molar-refractivity contribution in [3.05, 3.63) is 11.6 Å². The second-order valence-corrected chi connectivity index (χ2v) is 16.1. The lowest BCUT2D eigenvalue weighted by Crippen LogP contribution is -2.31. The summed E-state index contributed by atoms with van der Waals surface area (Å²) in [6.07, 6.45) is 24.7. The molecule has 0 spiro atoms. The minimum absolute atomic E-state index is 0.0318. The molecule has 1 heterocycles. The first kappa shape index (κ1) is 38.7. The average molecular weight is 642 g/mol. The topological polar surface area (TPSA) is 99.2 Å². The summed E-state index contributed by atoms with van der Waals surface area (Å²) in [5.74, 6) is 0.0753. The average Bonchev–Trinajstić information content (AvgIpc) is 3.34. The predicted molar refractivity (Wildman–Crippen MR) is 172 cm³/mol. The molecular weight excluding hydrogens is 583 g/mol. The van der Waals surface area contributed by atoms with Gasteiger partial charge in [0, 0.05) is 26.5 Å². The number of rotatable bonds is 29. The molecule has 0 bridgehead atoms. The smallest absolute Gasteiger partial charge is 0.267 e. The van der Waals surface area contributed by atoms with Crippen LogP contribution in [0.1, 0.15) is 122 Å². The van der Waals surface area contributed by atoms with Crippen molar-refractivity contribution in [3.63, 3.8) is 0 Å². The van der Waals surface area contributed by atoms with Gasteiger partial charge in [-0.1, -0.05) is 115 Å². The van der Waals surface area contributed by atoms with E-state index in [0.29, 0.717) is 32.6 Å². The van der Waals surface area contributed by atoms with Gasteiger partial charge in [-0.15, -0.1) is 0 Å². The standard InChI is InChI=1S/C30H59NO7S3/c1-4-5-6-7-8-9-10-11-12-13-14-15-16-17-18-19-24-37-28-29(36-2)21-27-41(34,35)26-20-22-31-23-25-39-30(31)38-40(3,32)33/h23,25,29-30H,4-22,24,26-28H2,1-3H3. The predicted octanol–water partition coefficient (Wildman–Crippen LogP) is 7.25. The van der Waals surface area contributed by atoms with Crippen molar-refractivity contribution in [1.82, 2.24) is 4.90 Å². The van der Waals surface area contributed by atoms with E-state index in [1.54, 1.807) is 23.6 Å². The third kappa shape index (κ3) is 22.8. The van der Waals surface area contributed by atoms with Gasteiger partial charge in [-0.25, -0.2) is 12.6 Å². The molecule has 0 fully saturated rings. The summed E-state index contributed by atoms with van der Waals surface area (Å²) in [5, 5.41) is 1.74. The van der Waals surface area contributed by atoms with E-state index >= 15 is 0 Å². The lowest BCUT2D eigenvalue weighted by molar-refractivity contribution is 0.00623. The van der Waals surface area contributed by atoms with Crippen LogP contribution in [0.25, 0.3) is 0 Å². The van der Waals surface area contributed by atoms with E-state index in [9.17, 15) is 16.8 Å². The second-order valence-electron chi connectivity index (χ2n) is 11.3. The van der Waals surface area contributed by atoms with Crippen LogP contribution >= 0.6 is 11.8 Å². The Morgan fingerprint density at radius 1 is 0.780 bits per heavy atom. The molecule has 11 heteroatoms. The largest absolute Gasteiger partial charge is 0.379 e. The highest BCUT2D eigenvalue weighted by molar-refractivity contribution is 8.03. The number of methoxy groups -OCH3 is 1. The molecule has 0 aromatic heterocycles. The molecule has 0 aliphatic carbocycles. The molecule has 0 saturated heterocycles. The SMILES string of the molecule is CCCCCCCCCCCCCCCCCCOCC(CCS(=O)(=O)CCCN1C=CSC1OS(C)(=O)=O)OC. The molecule has 1 aliphatic heterocycles. The Morgan fingerprint density at radius 2 is 1.32 bits per heavy atom. The van der Waals surface area contributed by atoms with Crippen molar-refractivity contribution in [2.24, 2.45) is 0 Å². The third-order valence-corrected chi connectivity index (χ3v) is 10.7. The fourth-order valence-corrected chi connectivity index (χ4v) is 7.96. The fourth-order valence-electron chi connectivity index (χ4n) is 4.85. The van der Waals surface area contributed by atoms with Crippen LogP contribution in [0.3, 0.4) is 0 Å². The first-order valence-corrected chi connectivity index (χ1v) is 20.5. The van der Waals surface area contributed by atoms with E-state index in [2.05, 4.69) is 6.92 Å². The molecule has 1 rings (SSSR count). The quantitative estimate of drug-likeness (QED) is 0.0617. The van der Waals surface area contributed by atoms with Gasteiger partial charge in [0.15, 0.2) is 5.56 Å².